The molecule has 0 atom stereocenters. The Morgan fingerprint density at radius 3 is 2.54 bits per heavy atom. The van der Waals surface area contributed by atoms with Gasteiger partial charge in [0.15, 0.2) is 0 Å². The van der Waals surface area contributed by atoms with Crippen LogP contribution in [0.2, 0.25) is 0 Å². The molecular formula is C21H19N2O5-. The first-order chi connectivity index (χ1) is 13.5. The normalized spacial score (nSPS) is 15.0. The molecule has 0 saturated carbocycles. The maximum absolute atomic E-state index is 12.4. The van der Waals surface area contributed by atoms with Gasteiger partial charge in [0.25, 0.3) is 5.91 Å². The van der Waals surface area contributed by atoms with Gasteiger partial charge in [0, 0.05) is 12.1 Å². The van der Waals surface area contributed by atoms with E-state index in [-0.39, 0.29) is 23.8 Å². The minimum Gasteiger partial charge on any atom is -0.545 e. The molecule has 0 radical (unpaired) electrons. The van der Waals surface area contributed by atoms with Crippen molar-refractivity contribution in [3.8, 4) is 5.75 Å². The summed E-state index contributed by atoms with van der Waals surface area (Å²) in [7, 11) is 0. The average molecular weight is 379 g/mol. The lowest BCUT2D eigenvalue weighted by Gasteiger charge is -2.11. The van der Waals surface area contributed by atoms with Crippen molar-refractivity contribution in [2.24, 2.45) is 0 Å². The lowest BCUT2D eigenvalue weighted by Crippen LogP contribution is -2.31. The van der Waals surface area contributed by atoms with E-state index in [4.69, 9.17) is 4.74 Å². The predicted octanol–water partition coefficient (Wildman–Crippen LogP) is 1.93. The van der Waals surface area contributed by atoms with Crippen LogP contribution in [0, 0.1) is 0 Å². The number of rotatable bonds is 7. The molecule has 1 fully saturated rings. The number of carboxylic acids is 1. The highest BCUT2D eigenvalue weighted by Gasteiger charge is 2.32. The molecule has 0 unspecified atom stereocenters. The van der Waals surface area contributed by atoms with E-state index in [0.717, 1.165) is 5.56 Å². The topological polar surface area (TPSA) is 98.8 Å². The van der Waals surface area contributed by atoms with Gasteiger partial charge in [0.1, 0.15) is 18.1 Å². The second-order valence-electron chi connectivity index (χ2n) is 6.26. The number of carboxylic acid groups (broad SMARTS) is 1. The standard InChI is InChI=1S/C21H20N2O5/c1-2-11-23-19(24)17(22-21(23)27)12-16-5-3-4-6-18(16)28-13-14-7-9-15(10-8-14)20(25)26/h3-10,12H,2,11,13H2,1H3,(H,22,27)(H,25,26)/p-1/b17-12+. The number of hydrogen-bond donors (Lipinski definition) is 1. The molecule has 0 bridgehead atoms. The Hall–Kier alpha value is -3.61. The van der Waals surface area contributed by atoms with Crippen LogP contribution in [0.5, 0.6) is 5.75 Å². The number of carbonyl (C=O) groups excluding carboxylic acids is 3. The predicted molar refractivity (Wildman–Crippen MR) is 100 cm³/mol. The number of ether oxygens (including phenoxy) is 1. The molecule has 0 aliphatic carbocycles. The third kappa shape index (κ3) is 4.20. The van der Waals surface area contributed by atoms with Gasteiger partial charge in [0.2, 0.25) is 0 Å². The highest BCUT2D eigenvalue weighted by Crippen LogP contribution is 2.23. The van der Waals surface area contributed by atoms with Gasteiger partial charge in [-0.05, 0) is 29.7 Å². The summed E-state index contributed by atoms with van der Waals surface area (Å²) in [5, 5.41) is 13.4. The van der Waals surface area contributed by atoms with Crippen molar-refractivity contribution in [1.29, 1.82) is 0 Å². The van der Waals surface area contributed by atoms with E-state index in [1.165, 1.54) is 17.0 Å². The van der Waals surface area contributed by atoms with Gasteiger partial charge in [-0.2, -0.15) is 0 Å². The number of nitrogens with zero attached hydrogens (tertiary/aromatic N) is 1. The number of hydrogen-bond acceptors (Lipinski definition) is 5. The van der Waals surface area contributed by atoms with Gasteiger partial charge >= 0.3 is 6.03 Å². The monoisotopic (exact) mass is 379 g/mol. The minimum absolute atomic E-state index is 0.0982. The van der Waals surface area contributed by atoms with Crippen molar-refractivity contribution in [3.63, 3.8) is 0 Å². The van der Waals surface area contributed by atoms with Gasteiger partial charge in [-0.25, -0.2) is 4.79 Å². The van der Waals surface area contributed by atoms with E-state index in [9.17, 15) is 19.5 Å². The first kappa shape index (κ1) is 19.2. The van der Waals surface area contributed by atoms with Crippen LogP contribution >= 0.6 is 0 Å². The molecule has 144 valence electrons. The molecule has 3 rings (SSSR count). The van der Waals surface area contributed by atoms with Gasteiger partial charge in [-0.1, -0.05) is 49.4 Å². The lowest BCUT2D eigenvalue weighted by molar-refractivity contribution is -0.255. The van der Waals surface area contributed by atoms with Crippen molar-refractivity contribution < 1.29 is 24.2 Å². The third-order valence-electron chi connectivity index (χ3n) is 4.21. The number of imide groups is 1. The van der Waals surface area contributed by atoms with Crippen LogP contribution in [0.4, 0.5) is 4.79 Å². The molecule has 0 aromatic heterocycles. The van der Waals surface area contributed by atoms with Crippen LogP contribution in [-0.4, -0.2) is 29.4 Å². The molecule has 7 nitrogen and oxygen atoms in total. The van der Waals surface area contributed by atoms with Crippen molar-refractivity contribution in [2.75, 3.05) is 6.54 Å². The number of benzene rings is 2. The molecule has 2 aromatic carbocycles. The average Bonchev–Trinajstić information content (AvgIpc) is 2.95. The Balaban J connectivity index is 1.75. The summed E-state index contributed by atoms with van der Waals surface area (Å²) in [6.45, 7) is 2.47. The maximum atomic E-state index is 12.4. The first-order valence-corrected chi connectivity index (χ1v) is 8.86. The van der Waals surface area contributed by atoms with E-state index >= 15 is 0 Å². The summed E-state index contributed by atoms with van der Waals surface area (Å²) in [6, 6.07) is 12.9. The van der Waals surface area contributed by atoms with Gasteiger partial charge in [0.05, 0.1) is 5.97 Å². The van der Waals surface area contributed by atoms with Crippen molar-refractivity contribution in [1.82, 2.24) is 10.2 Å². The molecule has 1 heterocycles. The summed E-state index contributed by atoms with van der Waals surface area (Å²) >= 11 is 0. The Morgan fingerprint density at radius 2 is 1.86 bits per heavy atom. The Morgan fingerprint density at radius 1 is 1.14 bits per heavy atom. The quantitative estimate of drug-likeness (QED) is 0.585. The van der Waals surface area contributed by atoms with E-state index in [2.05, 4.69) is 5.32 Å². The van der Waals surface area contributed by atoms with Gasteiger partial charge in [-0.3, -0.25) is 9.69 Å². The van der Waals surface area contributed by atoms with E-state index in [1.54, 1.807) is 42.5 Å². The summed E-state index contributed by atoms with van der Waals surface area (Å²) in [4.78, 5) is 36.3. The molecule has 28 heavy (non-hydrogen) atoms. The van der Waals surface area contributed by atoms with Crippen LogP contribution in [-0.2, 0) is 11.4 Å². The molecule has 1 aliphatic heterocycles. The molecular weight excluding hydrogens is 360 g/mol. The fourth-order valence-electron chi connectivity index (χ4n) is 2.78. The summed E-state index contributed by atoms with van der Waals surface area (Å²) < 4.78 is 5.83. The lowest BCUT2D eigenvalue weighted by atomic mass is 10.1. The number of aromatic carboxylic acids is 1. The highest BCUT2D eigenvalue weighted by atomic mass is 16.5. The Bertz CT molecular complexity index is 934. The third-order valence-corrected chi connectivity index (χ3v) is 4.21. The maximum Gasteiger partial charge on any atom is 0.329 e. The fourth-order valence-corrected chi connectivity index (χ4v) is 2.78. The molecule has 2 aromatic rings. The fraction of sp³-hybridized carbons (Fsp3) is 0.190. The summed E-state index contributed by atoms with van der Waals surface area (Å²) in [5.41, 5.74) is 1.73. The number of para-hydroxylation sites is 1. The molecule has 1 saturated heterocycles. The zero-order valence-corrected chi connectivity index (χ0v) is 15.3. The summed E-state index contributed by atoms with van der Waals surface area (Å²) in [6.07, 6.45) is 2.27. The number of urea groups is 1. The van der Waals surface area contributed by atoms with Crippen molar-refractivity contribution in [3.05, 3.63) is 70.9 Å². The van der Waals surface area contributed by atoms with Crippen LogP contribution in [0.3, 0.4) is 0 Å². The van der Waals surface area contributed by atoms with Gasteiger partial charge in [-0.15, -0.1) is 0 Å². The zero-order chi connectivity index (χ0) is 20.1. The SMILES string of the molecule is CCCN1C(=O)N/C(=C/c2ccccc2OCc2ccc(C(=O)[O-])cc2)C1=O. The van der Waals surface area contributed by atoms with E-state index in [1.807, 2.05) is 6.92 Å². The molecule has 1 N–H and O–H groups in total. The minimum atomic E-state index is -1.23. The molecule has 1 aliphatic rings. The highest BCUT2D eigenvalue weighted by molar-refractivity contribution is 6.14. The van der Waals surface area contributed by atoms with E-state index < -0.39 is 12.0 Å². The zero-order valence-electron chi connectivity index (χ0n) is 15.3. The van der Waals surface area contributed by atoms with Crippen molar-refractivity contribution >= 4 is 24.0 Å². The van der Waals surface area contributed by atoms with Crippen LogP contribution in [0.1, 0.15) is 34.8 Å². The van der Waals surface area contributed by atoms with E-state index in [0.29, 0.717) is 24.3 Å². The van der Waals surface area contributed by atoms with Crippen LogP contribution < -0.4 is 15.2 Å². The molecule has 3 amide bonds. The largest absolute Gasteiger partial charge is 0.545 e. The van der Waals surface area contributed by atoms with Crippen LogP contribution in [0.15, 0.2) is 54.2 Å². The Kier molecular flexibility index (Phi) is 5.74. The molecule has 0 spiro atoms. The number of nitrogens with one attached hydrogen (secondary N) is 1. The first-order valence-electron chi connectivity index (χ1n) is 8.86. The van der Waals surface area contributed by atoms with Gasteiger partial charge < -0.3 is 20.0 Å². The molecule has 7 heteroatoms. The van der Waals surface area contributed by atoms with Crippen LogP contribution in [0.25, 0.3) is 6.08 Å². The number of amides is 3. The number of carbonyl (C=O) groups is 3. The second-order valence-corrected chi connectivity index (χ2v) is 6.26. The summed E-state index contributed by atoms with van der Waals surface area (Å²) in [5.74, 6) is -1.06. The van der Waals surface area contributed by atoms with Crippen molar-refractivity contribution in [2.45, 2.75) is 20.0 Å². The smallest absolute Gasteiger partial charge is 0.329 e. The second kappa shape index (κ2) is 8.39. The Labute approximate surface area is 162 Å².